The lowest BCUT2D eigenvalue weighted by molar-refractivity contribution is 0.0474. The Morgan fingerprint density at radius 1 is 1.31 bits per heavy atom. The van der Waals surface area contributed by atoms with Gasteiger partial charge in [-0.1, -0.05) is 26.0 Å². The first-order chi connectivity index (χ1) is 5.83. The molecule has 2 nitrogen and oxygen atoms in total. The Bertz CT molecular complexity index is 157. The van der Waals surface area contributed by atoms with Crippen LogP contribution in [-0.4, -0.2) is 21.9 Å². The zero-order valence-corrected chi connectivity index (χ0v) is 9.12. The molecule has 0 amide bonds. The van der Waals surface area contributed by atoms with Crippen LogP contribution < -0.4 is 0 Å². The molecule has 0 bridgehead atoms. The van der Waals surface area contributed by atoms with E-state index in [-0.39, 0.29) is 0 Å². The molecule has 0 saturated heterocycles. The van der Waals surface area contributed by atoms with Crippen LogP contribution in [0.5, 0.6) is 0 Å². The minimum atomic E-state index is -0.872. The molecule has 78 valence electrons. The highest BCUT2D eigenvalue weighted by atomic mass is 16.3. The second-order valence-corrected chi connectivity index (χ2v) is 4.44. The molecule has 13 heavy (non-hydrogen) atoms. The minimum absolute atomic E-state index is 0.390. The number of hydrogen-bond acceptors (Lipinski definition) is 2. The Kier molecular flexibility index (Phi) is 5.26. The van der Waals surface area contributed by atoms with Gasteiger partial charge in [0.15, 0.2) is 0 Å². The highest BCUT2D eigenvalue weighted by Gasteiger charge is 2.18. The zero-order chi connectivity index (χ0) is 10.5. The van der Waals surface area contributed by atoms with Gasteiger partial charge in [0.25, 0.3) is 0 Å². The van der Waals surface area contributed by atoms with Crippen molar-refractivity contribution in [2.24, 2.45) is 5.92 Å². The monoisotopic (exact) mass is 186 g/mol. The van der Waals surface area contributed by atoms with Crippen molar-refractivity contribution in [3.8, 4) is 0 Å². The van der Waals surface area contributed by atoms with E-state index in [0.29, 0.717) is 12.3 Å². The summed E-state index contributed by atoms with van der Waals surface area (Å²) in [6.45, 7) is 7.67. The molecule has 0 aromatic carbocycles. The predicted octanol–water partition coefficient (Wildman–Crippen LogP) is 2.11. The van der Waals surface area contributed by atoms with E-state index in [1.54, 1.807) is 19.9 Å². The van der Waals surface area contributed by atoms with Crippen molar-refractivity contribution >= 4 is 0 Å². The molecule has 0 aliphatic rings. The van der Waals surface area contributed by atoms with E-state index < -0.39 is 11.7 Å². The summed E-state index contributed by atoms with van der Waals surface area (Å²) < 4.78 is 0. The van der Waals surface area contributed by atoms with Gasteiger partial charge in [-0.2, -0.15) is 0 Å². The first kappa shape index (κ1) is 12.7. The van der Waals surface area contributed by atoms with Gasteiger partial charge in [0, 0.05) is 6.42 Å². The van der Waals surface area contributed by atoms with E-state index >= 15 is 0 Å². The van der Waals surface area contributed by atoms with Crippen LogP contribution in [0.3, 0.4) is 0 Å². The van der Waals surface area contributed by atoms with Crippen LogP contribution >= 0.6 is 0 Å². The average molecular weight is 186 g/mol. The lowest BCUT2D eigenvalue weighted by Crippen LogP contribution is -2.26. The van der Waals surface area contributed by atoms with Crippen LogP contribution in [0.2, 0.25) is 0 Å². The third-order valence-electron chi connectivity index (χ3n) is 1.79. The van der Waals surface area contributed by atoms with Gasteiger partial charge in [0.2, 0.25) is 0 Å². The van der Waals surface area contributed by atoms with Crippen molar-refractivity contribution in [2.75, 3.05) is 0 Å². The summed E-state index contributed by atoms with van der Waals surface area (Å²) >= 11 is 0. The van der Waals surface area contributed by atoms with E-state index in [2.05, 4.69) is 13.8 Å². The van der Waals surface area contributed by atoms with Crippen LogP contribution in [0.1, 0.15) is 40.5 Å². The van der Waals surface area contributed by atoms with Crippen molar-refractivity contribution in [1.29, 1.82) is 0 Å². The van der Waals surface area contributed by atoms with Crippen LogP contribution in [-0.2, 0) is 0 Å². The average Bonchev–Trinajstić information content (AvgIpc) is 1.81. The van der Waals surface area contributed by atoms with Crippen molar-refractivity contribution < 1.29 is 10.2 Å². The third kappa shape index (κ3) is 8.00. The van der Waals surface area contributed by atoms with Gasteiger partial charge in [0.05, 0.1) is 11.7 Å². The SMILES string of the molecule is CC(C)C/C=C/C(C)(O)CC(C)O. The molecular formula is C11H22O2. The van der Waals surface area contributed by atoms with Crippen molar-refractivity contribution in [3.63, 3.8) is 0 Å². The maximum atomic E-state index is 9.75. The number of allylic oxidation sites excluding steroid dienone is 1. The maximum absolute atomic E-state index is 9.75. The van der Waals surface area contributed by atoms with Gasteiger partial charge in [-0.3, -0.25) is 0 Å². The van der Waals surface area contributed by atoms with Crippen LogP contribution in [0.4, 0.5) is 0 Å². The maximum Gasteiger partial charge on any atom is 0.0824 e. The lowest BCUT2D eigenvalue weighted by atomic mass is 9.97. The van der Waals surface area contributed by atoms with Gasteiger partial charge in [-0.15, -0.1) is 0 Å². The molecule has 0 radical (unpaired) electrons. The molecule has 2 heteroatoms. The Morgan fingerprint density at radius 2 is 1.85 bits per heavy atom. The summed E-state index contributed by atoms with van der Waals surface area (Å²) in [7, 11) is 0. The first-order valence-corrected chi connectivity index (χ1v) is 4.91. The fourth-order valence-corrected chi connectivity index (χ4v) is 1.26. The predicted molar refractivity (Wildman–Crippen MR) is 55.5 cm³/mol. The molecule has 0 fully saturated rings. The molecule has 0 aliphatic carbocycles. The summed E-state index contributed by atoms with van der Waals surface area (Å²) in [5, 5.41) is 18.9. The van der Waals surface area contributed by atoms with Gasteiger partial charge < -0.3 is 10.2 Å². The molecule has 0 aromatic heterocycles. The third-order valence-corrected chi connectivity index (χ3v) is 1.79. The summed E-state index contributed by atoms with van der Waals surface area (Å²) in [5.41, 5.74) is -0.872. The Morgan fingerprint density at radius 3 is 2.23 bits per heavy atom. The fourth-order valence-electron chi connectivity index (χ4n) is 1.26. The summed E-state index contributed by atoms with van der Waals surface area (Å²) in [6.07, 6.45) is 4.66. The Labute approximate surface area is 81.3 Å². The summed E-state index contributed by atoms with van der Waals surface area (Å²) in [6, 6.07) is 0. The largest absolute Gasteiger partial charge is 0.393 e. The van der Waals surface area contributed by atoms with Crippen molar-refractivity contribution in [1.82, 2.24) is 0 Å². The number of aliphatic hydroxyl groups excluding tert-OH is 1. The molecule has 0 rings (SSSR count). The molecule has 0 saturated carbocycles. The van der Waals surface area contributed by atoms with Crippen molar-refractivity contribution in [3.05, 3.63) is 12.2 Å². The smallest absolute Gasteiger partial charge is 0.0824 e. The van der Waals surface area contributed by atoms with Crippen molar-refractivity contribution in [2.45, 2.75) is 52.2 Å². The summed E-state index contributed by atoms with van der Waals surface area (Å²) in [5.74, 6) is 0.610. The van der Waals surface area contributed by atoms with Gasteiger partial charge >= 0.3 is 0 Å². The van der Waals surface area contributed by atoms with Gasteiger partial charge in [-0.05, 0) is 26.2 Å². The fraction of sp³-hybridized carbons (Fsp3) is 0.818. The van der Waals surface area contributed by atoms with Crippen LogP contribution in [0.25, 0.3) is 0 Å². The Hall–Kier alpha value is -0.340. The minimum Gasteiger partial charge on any atom is -0.393 e. The summed E-state index contributed by atoms with van der Waals surface area (Å²) in [4.78, 5) is 0. The van der Waals surface area contributed by atoms with Gasteiger partial charge in [0.1, 0.15) is 0 Å². The molecule has 2 unspecified atom stereocenters. The molecule has 0 aliphatic heterocycles. The Balaban J connectivity index is 3.93. The topological polar surface area (TPSA) is 40.5 Å². The molecule has 2 N–H and O–H groups in total. The molecule has 0 aromatic rings. The first-order valence-electron chi connectivity index (χ1n) is 4.91. The van der Waals surface area contributed by atoms with Crippen LogP contribution in [0.15, 0.2) is 12.2 Å². The van der Waals surface area contributed by atoms with E-state index in [9.17, 15) is 5.11 Å². The van der Waals surface area contributed by atoms with E-state index in [0.717, 1.165) is 6.42 Å². The second-order valence-electron chi connectivity index (χ2n) is 4.44. The number of rotatable bonds is 5. The quantitative estimate of drug-likeness (QED) is 0.646. The molecule has 0 heterocycles. The lowest BCUT2D eigenvalue weighted by Gasteiger charge is -2.20. The number of hydrogen-bond donors (Lipinski definition) is 2. The normalized spacial score (nSPS) is 19.3. The number of aliphatic hydroxyl groups is 2. The molecule has 2 atom stereocenters. The zero-order valence-electron chi connectivity index (χ0n) is 9.12. The second kappa shape index (κ2) is 5.40. The highest BCUT2D eigenvalue weighted by molar-refractivity contribution is 4.99. The van der Waals surface area contributed by atoms with E-state index in [1.165, 1.54) is 0 Å². The van der Waals surface area contributed by atoms with Gasteiger partial charge in [-0.25, -0.2) is 0 Å². The van der Waals surface area contributed by atoms with Crippen LogP contribution in [0, 0.1) is 5.92 Å². The molecular weight excluding hydrogens is 164 g/mol. The van der Waals surface area contributed by atoms with E-state index in [4.69, 9.17) is 5.11 Å². The van der Waals surface area contributed by atoms with E-state index in [1.807, 2.05) is 6.08 Å². The highest BCUT2D eigenvalue weighted by Crippen LogP contribution is 2.15. The standard InChI is InChI=1S/C11H22O2/c1-9(2)6-5-7-11(4,13)8-10(3)12/h5,7,9-10,12-13H,6,8H2,1-4H3/b7-5+. The molecule has 0 spiro atoms.